The maximum absolute atomic E-state index is 12.4. The van der Waals surface area contributed by atoms with E-state index in [0.717, 1.165) is 19.4 Å². The van der Waals surface area contributed by atoms with Crippen LogP contribution in [0, 0.1) is 0 Å². The minimum atomic E-state index is -0.0231. The van der Waals surface area contributed by atoms with Crippen molar-refractivity contribution in [2.24, 2.45) is 0 Å². The zero-order chi connectivity index (χ0) is 13.2. The lowest BCUT2D eigenvalue weighted by atomic mass is 10.0. The molecular weight excluding hydrogens is 242 g/mol. The highest BCUT2D eigenvalue weighted by molar-refractivity contribution is 5.92. The zero-order valence-corrected chi connectivity index (χ0v) is 11.0. The first-order chi connectivity index (χ1) is 9.25. The van der Waals surface area contributed by atoms with E-state index >= 15 is 0 Å². The fourth-order valence-electron chi connectivity index (χ4n) is 2.55. The minimum Gasteiger partial charge on any atom is -0.461 e. The molecule has 1 aliphatic rings. The second-order valence-electron chi connectivity index (χ2n) is 4.98. The Labute approximate surface area is 112 Å². The average molecular weight is 259 g/mol. The number of hydrogen-bond donors (Lipinski definition) is 0. The Balaban J connectivity index is 1.80. The molecule has 100 valence electrons. The molecule has 1 fully saturated rings. The molecule has 2 aromatic heterocycles. The van der Waals surface area contributed by atoms with Crippen LogP contribution in [-0.4, -0.2) is 23.4 Å². The van der Waals surface area contributed by atoms with Gasteiger partial charge in [-0.1, -0.05) is 0 Å². The number of furan rings is 2. The van der Waals surface area contributed by atoms with Crippen molar-refractivity contribution < 1.29 is 13.6 Å². The zero-order valence-electron chi connectivity index (χ0n) is 11.0. The largest absolute Gasteiger partial charge is 0.461 e. The summed E-state index contributed by atoms with van der Waals surface area (Å²) in [5.41, 5.74) is 0. The van der Waals surface area contributed by atoms with Crippen molar-refractivity contribution in [3.05, 3.63) is 36.3 Å². The van der Waals surface area contributed by atoms with Crippen LogP contribution in [0.4, 0.5) is 0 Å². The molecule has 4 nitrogen and oxygen atoms in total. The van der Waals surface area contributed by atoms with Crippen LogP contribution >= 0.6 is 0 Å². The van der Waals surface area contributed by atoms with E-state index in [2.05, 4.69) is 6.92 Å². The van der Waals surface area contributed by atoms with Gasteiger partial charge in [-0.25, -0.2) is 0 Å². The van der Waals surface area contributed by atoms with Gasteiger partial charge in [0, 0.05) is 12.6 Å². The fourth-order valence-corrected chi connectivity index (χ4v) is 2.55. The Hall–Kier alpha value is -1.97. The molecule has 0 radical (unpaired) electrons. The van der Waals surface area contributed by atoms with Crippen molar-refractivity contribution >= 4 is 5.91 Å². The molecule has 2 aromatic rings. The van der Waals surface area contributed by atoms with E-state index in [9.17, 15) is 4.79 Å². The van der Waals surface area contributed by atoms with Crippen LogP contribution in [-0.2, 0) is 0 Å². The van der Waals surface area contributed by atoms with Gasteiger partial charge in [0.05, 0.1) is 6.26 Å². The van der Waals surface area contributed by atoms with Crippen molar-refractivity contribution in [1.29, 1.82) is 0 Å². The van der Waals surface area contributed by atoms with Crippen LogP contribution in [0.1, 0.15) is 36.7 Å². The van der Waals surface area contributed by atoms with Crippen LogP contribution in [0.5, 0.6) is 0 Å². The molecule has 0 saturated carbocycles. The Bertz CT molecular complexity index is 556. The average Bonchev–Trinajstić information content (AvgIpc) is 3.09. The summed E-state index contributed by atoms with van der Waals surface area (Å²) in [6.45, 7) is 2.91. The van der Waals surface area contributed by atoms with Crippen LogP contribution < -0.4 is 0 Å². The highest BCUT2D eigenvalue weighted by Gasteiger charge is 2.26. The third kappa shape index (κ3) is 2.30. The van der Waals surface area contributed by atoms with Gasteiger partial charge in [-0.2, -0.15) is 0 Å². The molecular formula is C15H17NO3. The van der Waals surface area contributed by atoms with E-state index in [1.165, 1.54) is 6.42 Å². The second-order valence-corrected chi connectivity index (χ2v) is 4.98. The van der Waals surface area contributed by atoms with Crippen molar-refractivity contribution in [1.82, 2.24) is 4.90 Å². The number of carbonyl (C=O) groups excluding carboxylic acids is 1. The molecule has 1 saturated heterocycles. The summed E-state index contributed by atoms with van der Waals surface area (Å²) in [6.07, 6.45) is 4.92. The smallest absolute Gasteiger partial charge is 0.289 e. The highest BCUT2D eigenvalue weighted by Crippen LogP contribution is 2.25. The van der Waals surface area contributed by atoms with Crippen molar-refractivity contribution in [2.45, 2.75) is 32.2 Å². The van der Waals surface area contributed by atoms with Gasteiger partial charge in [0.25, 0.3) is 5.91 Å². The highest BCUT2D eigenvalue weighted by atomic mass is 16.4. The number of amides is 1. The van der Waals surface area contributed by atoms with Gasteiger partial charge in [-0.3, -0.25) is 4.79 Å². The van der Waals surface area contributed by atoms with Crippen LogP contribution in [0.15, 0.2) is 39.4 Å². The molecule has 1 aliphatic heterocycles. The summed E-state index contributed by atoms with van der Waals surface area (Å²) in [6, 6.07) is 7.41. The normalized spacial score (nSPS) is 19.6. The van der Waals surface area contributed by atoms with E-state index in [1.807, 2.05) is 11.0 Å². The number of likely N-dealkylation sites (tertiary alicyclic amines) is 1. The monoisotopic (exact) mass is 259 g/mol. The molecule has 0 bridgehead atoms. The summed E-state index contributed by atoms with van der Waals surface area (Å²) in [5, 5.41) is 0. The Kier molecular flexibility index (Phi) is 3.15. The lowest BCUT2D eigenvalue weighted by molar-refractivity contribution is 0.0604. The molecule has 1 atom stereocenters. The molecule has 3 rings (SSSR count). The Morgan fingerprint density at radius 3 is 2.89 bits per heavy atom. The standard InChI is InChI=1S/C15H17NO3/c1-11-5-2-3-9-16(11)15(17)14-8-7-13(19-14)12-6-4-10-18-12/h4,6-8,10-11H,2-3,5,9H2,1H3/t11-/m0/s1. The number of hydrogen-bond acceptors (Lipinski definition) is 3. The van der Waals surface area contributed by atoms with Gasteiger partial charge in [-0.15, -0.1) is 0 Å². The van der Waals surface area contributed by atoms with E-state index in [-0.39, 0.29) is 5.91 Å². The van der Waals surface area contributed by atoms with Crippen molar-refractivity contribution in [2.75, 3.05) is 6.54 Å². The van der Waals surface area contributed by atoms with E-state index in [4.69, 9.17) is 8.83 Å². The summed E-state index contributed by atoms with van der Waals surface area (Å²) in [5.74, 6) is 1.61. The summed E-state index contributed by atoms with van der Waals surface area (Å²) < 4.78 is 10.9. The second kappa shape index (κ2) is 4.96. The van der Waals surface area contributed by atoms with Gasteiger partial charge in [-0.05, 0) is 50.5 Å². The molecule has 1 amide bonds. The number of rotatable bonds is 2. The first-order valence-corrected chi connectivity index (χ1v) is 6.70. The lowest BCUT2D eigenvalue weighted by Gasteiger charge is -2.32. The maximum Gasteiger partial charge on any atom is 0.289 e. The first kappa shape index (κ1) is 12.1. The van der Waals surface area contributed by atoms with Crippen LogP contribution in [0.3, 0.4) is 0 Å². The first-order valence-electron chi connectivity index (χ1n) is 6.70. The Morgan fingerprint density at radius 1 is 1.26 bits per heavy atom. The van der Waals surface area contributed by atoms with Crippen molar-refractivity contribution in [3.63, 3.8) is 0 Å². The molecule has 0 aliphatic carbocycles. The minimum absolute atomic E-state index is 0.0231. The topological polar surface area (TPSA) is 46.6 Å². The predicted molar refractivity (Wildman–Crippen MR) is 70.8 cm³/mol. The van der Waals surface area contributed by atoms with Crippen LogP contribution in [0.2, 0.25) is 0 Å². The number of piperidine rings is 1. The third-order valence-corrected chi connectivity index (χ3v) is 3.64. The fraction of sp³-hybridized carbons (Fsp3) is 0.400. The molecule has 0 spiro atoms. The SMILES string of the molecule is C[C@H]1CCCCN1C(=O)c1ccc(-c2ccco2)o1. The van der Waals surface area contributed by atoms with E-state index in [1.54, 1.807) is 24.5 Å². The molecule has 4 heteroatoms. The van der Waals surface area contributed by atoms with Gasteiger partial charge in [0.2, 0.25) is 0 Å². The van der Waals surface area contributed by atoms with Crippen LogP contribution in [0.25, 0.3) is 11.5 Å². The van der Waals surface area contributed by atoms with Gasteiger partial charge >= 0.3 is 0 Å². The summed E-state index contributed by atoms with van der Waals surface area (Å²) in [7, 11) is 0. The summed E-state index contributed by atoms with van der Waals surface area (Å²) in [4.78, 5) is 14.3. The molecule has 0 aromatic carbocycles. The molecule has 19 heavy (non-hydrogen) atoms. The predicted octanol–water partition coefficient (Wildman–Crippen LogP) is 3.55. The van der Waals surface area contributed by atoms with Crippen molar-refractivity contribution in [3.8, 4) is 11.5 Å². The Morgan fingerprint density at radius 2 is 2.16 bits per heavy atom. The molecule has 3 heterocycles. The molecule has 0 N–H and O–H groups in total. The number of carbonyl (C=O) groups is 1. The van der Waals surface area contributed by atoms with Gasteiger partial charge in [0.15, 0.2) is 17.3 Å². The summed E-state index contributed by atoms with van der Waals surface area (Å²) >= 11 is 0. The van der Waals surface area contributed by atoms with E-state index < -0.39 is 0 Å². The molecule has 0 unspecified atom stereocenters. The van der Waals surface area contributed by atoms with Gasteiger partial charge in [0.1, 0.15) is 0 Å². The lowest BCUT2D eigenvalue weighted by Crippen LogP contribution is -2.41. The third-order valence-electron chi connectivity index (χ3n) is 3.64. The van der Waals surface area contributed by atoms with E-state index in [0.29, 0.717) is 23.3 Å². The maximum atomic E-state index is 12.4. The number of nitrogens with zero attached hydrogens (tertiary/aromatic N) is 1. The van der Waals surface area contributed by atoms with Gasteiger partial charge < -0.3 is 13.7 Å². The quantitative estimate of drug-likeness (QED) is 0.828.